The Hall–Kier alpha value is -2.78. The summed E-state index contributed by atoms with van der Waals surface area (Å²) >= 11 is 0. The highest BCUT2D eigenvalue weighted by Crippen LogP contribution is 2.18. The second-order valence-electron chi connectivity index (χ2n) is 8.28. The molecule has 9 heteroatoms. The van der Waals surface area contributed by atoms with Gasteiger partial charge in [0.05, 0.1) is 12.1 Å². The molecule has 9 nitrogen and oxygen atoms in total. The Balaban J connectivity index is 2.35. The standard InChI is InChI=1S/C21H29N3O6/c1-21(2,3)30-20(29)24(16(19(27)28)17(25)15-10-7-11-23-15)18(26)14(22)12-13-8-5-4-6-9-13/h4-6,8-9,14-16,23H,7,10-12,22H2,1-3H3,(H,27,28). The lowest BCUT2D eigenvalue weighted by atomic mass is 10.00. The van der Waals surface area contributed by atoms with Gasteiger partial charge in [-0.05, 0) is 52.1 Å². The molecule has 1 aliphatic heterocycles. The van der Waals surface area contributed by atoms with Crippen molar-refractivity contribution >= 4 is 23.8 Å². The van der Waals surface area contributed by atoms with Crippen LogP contribution >= 0.6 is 0 Å². The summed E-state index contributed by atoms with van der Waals surface area (Å²) < 4.78 is 5.24. The first-order valence-corrected chi connectivity index (χ1v) is 9.86. The number of nitrogens with zero attached hydrogens (tertiary/aromatic N) is 1. The Bertz CT molecular complexity index is 784. The number of rotatable bonds is 7. The van der Waals surface area contributed by atoms with E-state index in [4.69, 9.17) is 10.5 Å². The number of ketones is 1. The maximum Gasteiger partial charge on any atom is 0.418 e. The van der Waals surface area contributed by atoms with E-state index in [1.807, 2.05) is 0 Å². The van der Waals surface area contributed by atoms with Crippen LogP contribution in [0.3, 0.4) is 0 Å². The third kappa shape index (κ3) is 6.11. The number of hydrogen-bond donors (Lipinski definition) is 3. The monoisotopic (exact) mass is 419 g/mol. The molecule has 0 radical (unpaired) electrons. The minimum atomic E-state index is -2.02. The lowest BCUT2D eigenvalue weighted by Gasteiger charge is -2.31. The number of nitrogens with two attached hydrogens (primary N) is 1. The van der Waals surface area contributed by atoms with Crippen molar-refractivity contribution in [2.24, 2.45) is 5.73 Å². The molecule has 1 aliphatic rings. The van der Waals surface area contributed by atoms with Gasteiger partial charge in [0.25, 0.3) is 0 Å². The van der Waals surface area contributed by atoms with E-state index in [1.54, 1.807) is 51.1 Å². The van der Waals surface area contributed by atoms with Gasteiger partial charge in [-0.15, -0.1) is 0 Å². The van der Waals surface area contributed by atoms with Gasteiger partial charge in [0, 0.05) is 0 Å². The SMILES string of the molecule is CC(C)(C)OC(=O)N(C(=O)C(N)Cc1ccccc1)C(C(=O)O)C(=O)C1CCCN1. The average Bonchev–Trinajstić information content (AvgIpc) is 3.18. The van der Waals surface area contributed by atoms with Gasteiger partial charge < -0.3 is 20.9 Å². The highest BCUT2D eigenvalue weighted by molar-refractivity contribution is 6.12. The van der Waals surface area contributed by atoms with Crippen LogP contribution < -0.4 is 11.1 Å². The molecule has 1 heterocycles. The summed E-state index contributed by atoms with van der Waals surface area (Å²) in [6, 6.07) is 4.85. The Labute approximate surface area is 175 Å². The zero-order valence-corrected chi connectivity index (χ0v) is 17.5. The van der Waals surface area contributed by atoms with E-state index in [0.717, 1.165) is 5.56 Å². The van der Waals surface area contributed by atoms with Gasteiger partial charge in [0.2, 0.25) is 5.91 Å². The van der Waals surface area contributed by atoms with E-state index in [9.17, 15) is 24.3 Å². The number of hydrogen-bond acceptors (Lipinski definition) is 7. The van der Waals surface area contributed by atoms with Gasteiger partial charge in [0.1, 0.15) is 5.60 Å². The number of carboxylic acids is 1. The molecular weight excluding hydrogens is 390 g/mol. The molecule has 2 rings (SSSR count). The maximum atomic E-state index is 13.1. The molecule has 0 saturated carbocycles. The molecule has 4 N–H and O–H groups in total. The number of nitrogens with one attached hydrogen (secondary N) is 1. The lowest BCUT2D eigenvalue weighted by Crippen LogP contribution is -2.60. The number of Topliss-reactive ketones (excluding diaryl/α,β-unsaturated/α-hetero) is 1. The van der Waals surface area contributed by atoms with Crippen molar-refractivity contribution in [2.45, 2.75) is 63.8 Å². The van der Waals surface area contributed by atoms with Crippen molar-refractivity contribution in [3.63, 3.8) is 0 Å². The topological polar surface area (TPSA) is 139 Å². The van der Waals surface area contributed by atoms with Crippen molar-refractivity contribution in [2.75, 3.05) is 6.54 Å². The predicted octanol–water partition coefficient (Wildman–Crippen LogP) is 1.09. The largest absolute Gasteiger partial charge is 0.479 e. The van der Waals surface area contributed by atoms with Crippen molar-refractivity contribution in [3.05, 3.63) is 35.9 Å². The number of ether oxygens (including phenoxy) is 1. The van der Waals surface area contributed by atoms with Gasteiger partial charge in [-0.2, -0.15) is 0 Å². The smallest absolute Gasteiger partial charge is 0.418 e. The Morgan fingerprint density at radius 3 is 2.37 bits per heavy atom. The van der Waals surface area contributed by atoms with Crippen molar-refractivity contribution < 1.29 is 29.0 Å². The summed E-state index contributed by atoms with van der Waals surface area (Å²) in [5, 5.41) is 12.7. The fourth-order valence-electron chi connectivity index (χ4n) is 3.25. The summed E-state index contributed by atoms with van der Waals surface area (Å²) in [4.78, 5) is 51.2. The van der Waals surface area contributed by atoms with E-state index in [0.29, 0.717) is 24.3 Å². The predicted molar refractivity (Wildman–Crippen MR) is 109 cm³/mol. The normalized spacial score (nSPS) is 18.3. The molecule has 30 heavy (non-hydrogen) atoms. The van der Waals surface area contributed by atoms with Gasteiger partial charge in [-0.25, -0.2) is 14.5 Å². The van der Waals surface area contributed by atoms with Crippen LogP contribution in [0.15, 0.2) is 30.3 Å². The van der Waals surface area contributed by atoms with Crippen LogP contribution in [0, 0.1) is 0 Å². The number of aliphatic carboxylic acids is 1. The van der Waals surface area contributed by atoms with Gasteiger partial charge in [0.15, 0.2) is 11.8 Å². The van der Waals surface area contributed by atoms with Crippen molar-refractivity contribution in [1.82, 2.24) is 10.2 Å². The first-order valence-electron chi connectivity index (χ1n) is 9.86. The van der Waals surface area contributed by atoms with E-state index < -0.39 is 47.5 Å². The van der Waals surface area contributed by atoms with Crippen LogP contribution in [0.2, 0.25) is 0 Å². The average molecular weight is 419 g/mol. The number of benzene rings is 1. The van der Waals surface area contributed by atoms with Gasteiger partial charge >= 0.3 is 12.1 Å². The second-order valence-corrected chi connectivity index (χ2v) is 8.28. The molecule has 3 unspecified atom stereocenters. The van der Waals surface area contributed by atoms with Crippen molar-refractivity contribution in [1.29, 1.82) is 0 Å². The highest BCUT2D eigenvalue weighted by Gasteiger charge is 2.46. The molecular formula is C21H29N3O6. The lowest BCUT2D eigenvalue weighted by molar-refractivity contribution is -0.155. The van der Waals surface area contributed by atoms with Crippen LogP contribution in [-0.4, -0.2) is 64.0 Å². The fourth-order valence-corrected chi connectivity index (χ4v) is 3.25. The van der Waals surface area contributed by atoms with Crippen LogP contribution in [0.5, 0.6) is 0 Å². The molecule has 0 aliphatic carbocycles. The zero-order valence-electron chi connectivity index (χ0n) is 17.5. The molecule has 1 fully saturated rings. The third-order valence-electron chi connectivity index (χ3n) is 4.61. The minimum Gasteiger partial charge on any atom is -0.479 e. The Morgan fingerprint density at radius 1 is 1.23 bits per heavy atom. The molecule has 2 amide bonds. The molecule has 164 valence electrons. The Kier molecular flexibility index (Phi) is 7.69. The fraction of sp³-hybridized carbons (Fsp3) is 0.524. The van der Waals surface area contributed by atoms with Gasteiger partial charge in [-0.1, -0.05) is 30.3 Å². The first-order chi connectivity index (χ1) is 14.0. The van der Waals surface area contributed by atoms with Crippen LogP contribution in [0.4, 0.5) is 4.79 Å². The summed E-state index contributed by atoms with van der Waals surface area (Å²) in [5.74, 6) is -3.36. The van der Waals surface area contributed by atoms with Crippen LogP contribution in [0.25, 0.3) is 0 Å². The second kappa shape index (κ2) is 9.82. The van der Waals surface area contributed by atoms with E-state index in [-0.39, 0.29) is 6.42 Å². The summed E-state index contributed by atoms with van der Waals surface area (Å²) in [5.41, 5.74) is 5.76. The van der Waals surface area contributed by atoms with Gasteiger partial charge in [-0.3, -0.25) is 9.59 Å². The number of imide groups is 1. The molecule has 1 aromatic rings. The number of amides is 2. The van der Waals surface area contributed by atoms with Crippen LogP contribution in [-0.2, 0) is 25.5 Å². The Morgan fingerprint density at radius 2 is 1.87 bits per heavy atom. The van der Waals surface area contributed by atoms with E-state index in [2.05, 4.69) is 5.32 Å². The molecule has 0 spiro atoms. The van der Waals surface area contributed by atoms with E-state index >= 15 is 0 Å². The molecule has 3 atom stereocenters. The van der Waals surface area contributed by atoms with E-state index in [1.165, 1.54) is 0 Å². The molecule has 0 aromatic heterocycles. The maximum absolute atomic E-state index is 13.1. The quantitative estimate of drug-likeness (QED) is 0.558. The number of carboxylic acid groups (broad SMARTS) is 1. The zero-order chi connectivity index (χ0) is 22.5. The number of carbonyl (C=O) groups excluding carboxylic acids is 3. The number of carbonyl (C=O) groups is 4. The third-order valence-corrected chi connectivity index (χ3v) is 4.61. The minimum absolute atomic E-state index is 0.0706. The first kappa shape index (κ1) is 23.5. The highest BCUT2D eigenvalue weighted by atomic mass is 16.6. The summed E-state index contributed by atoms with van der Waals surface area (Å²) in [7, 11) is 0. The van der Waals surface area contributed by atoms with Crippen LogP contribution in [0.1, 0.15) is 39.2 Å². The summed E-state index contributed by atoms with van der Waals surface area (Å²) in [6.07, 6.45) is -0.0258. The molecule has 0 bridgehead atoms. The van der Waals surface area contributed by atoms with Crippen molar-refractivity contribution in [3.8, 4) is 0 Å². The molecule has 1 saturated heterocycles. The summed E-state index contributed by atoms with van der Waals surface area (Å²) in [6.45, 7) is 5.28. The molecule has 1 aromatic carbocycles.